The van der Waals surface area contributed by atoms with Crippen molar-refractivity contribution in [2.45, 2.75) is 297 Å². The topological polar surface area (TPSA) is 78.9 Å². The molecule has 0 saturated carbocycles. The quantitative estimate of drug-likeness (QED) is 0.0261. The Morgan fingerprint density at radius 3 is 0.835 bits per heavy atom. The summed E-state index contributed by atoms with van der Waals surface area (Å²) in [4.78, 5) is 38.3. The second-order valence-corrected chi connectivity index (χ2v) is 21.3. The lowest BCUT2D eigenvalue weighted by molar-refractivity contribution is -0.167. The van der Waals surface area contributed by atoms with E-state index in [9.17, 15) is 14.4 Å². The predicted octanol–water partition coefficient (Wildman–Crippen LogP) is 22.5. The Hall–Kier alpha value is -4.45. The normalized spacial score (nSPS) is 13.0. The highest BCUT2D eigenvalue weighted by atomic mass is 16.6. The molecule has 6 heteroatoms. The maximum absolute atomic E-state index is 12.9. The molecule has 0 aromatic heterocycles. The van der Waals surface area contributed by atoms with Crippen molar-refractivity contribution in [3.63, 3.8) is 0 Å². The third-order valence-corrected chi connectivity index (χ3v) is 13.6. The van der Waals surface area contributed by atoms with Crippen molar-refractivity contribution in [2.75, 3.05) is 13.2 Å². The van der Waals surface area contributed by atoms with Crippen LogP contribution in [0.15, 0.2) is 134 Å². The van der Waals surface area contributed by atoms with Gasteiger partial charge in [0.15, 0.2) is 6.10 Å². The molecule has 448 valence electrons. The highest BCUT2D eigenvalue weighted by Crippen LogP contribution is 2.15. The van der Waals surface area contributed by atoms with Crippen LogP contribution in [0.3, 0.4) is 0 Å². The molecule has 0 heterocycles. The van der Waals surface area contributed by atoms with E-state index in [1.807, 2.05) is 0 Å². The third-order valence-electron chi connectivity index (χ3n) is 13.6. The molecule has 0 saturated heterocycles. The van der Waals surface area contributed by atoms with Crippen LogP contribution in [0, 0.1) is 0 Å². The Labute approximate surface area is 487 Å². The minimum atomic E-state index is -0.816. The summed E-state index contributed by atoms with van der Waals surface area (Å²) in [6, 6.07) is 0. The van der Waals surface area contributed by atoms with Gasteiger partial charge in [-0.3, -0.25) is 14.4 Å². The van der Waals surface area contributed by atoms with Gasteiger partial charge >= 0.3 is 17.9 Å². The van der Waals surface area contributed by atoms with E-state index >= 15 is 0 Å². The average Bonchev–Trinajstić information content (AvgIpc) is 3.45. The molecule has 1 unspecified atom stereocenters. The van der Waals surface area contributed by atoms with E-state index in [2.05, 4.69) is 154 Å². The lowest BCUT2D eigenvalue weighted by Gasteiger charge is -2.18. The first-order valence-corrected chi connectivity index (χ1v) is 32.7. The fraction of sp³-hybridized carbons (Fsp3) is 0.658. The number of carbonyl (C=O) groups is 3. The first-order valence-electron chi connectivity index (χ1n) is 32.7. The number of hydrogen-bond donors (Lipinski definition) is 0. The summed E-state index contributed by atoms with van der Waals surface area (Å²) in [7, 11) is 0. The van der Waals surface area contributed by atoms with Gasteiger partial charge in [0.2, 0.25) is 0 Å². The largest absolute Gasteiger partial charge is 0.462 e. The Kier molecular flexibility index (Phi) is 62.3. The SMILES string of the molecule is CC/C=C\C/C=C\C/C=C\C/C=C\C/C=C\C/C=C\C/C=C\CCCC(=O)OCC(COC(=O)CCCCCCC/C=C\CCCCCCCC)OC(=O)CCCCCCCCCC/C=C\C/C=C\C/C=C\CCCCCCC. The minimum absolute atomic E-state index is 0.107. The highest BCUT2D eigenvalue weighted by molar-refractivity contribution is 5.71. The zero-order valence-corrected chi connectivity index (χ0v) is 51.3. The standard InChI is InChI=1S/C73H120O6/c1-4-7-10-13-16-19-22-25-28-30-32-34-36-38-40-42-45-48-51-54-57-60-63-66-72(75)78-69-70(68-77-71(74)65-62-59-56-53-50-47-44-27-24-21-18-15-12-9-6-3)79-73(76)67-64-61-58-55-52-49-46-43-41-39-37-35-33-31-29-26-23-20-17-14-11-8-5-2/h7,10,16,19,23,25-28,31-34,37-40,44-45,48,54,57,70H,4-6,8-9,11-15,17-18,20-22,24,29-30,35-36,41-43,46-47,49-53,55-56,58-69H2,1-3H3/b10-7-,19-16-,26-23-,28-25-,33-31-,34-32-,39-37-,40-38-,44-27-,48-45-,57-54-. The van der Waals surface area contributed by atoms with Crippen LogP contribution in [0.1, 0.15) is 290 Å². The maximum Gasteiger partial charge on any atom is 0.306 e. The molecule has 0 N–H and O–H groups in total. The zero-order chi connectivity index (χ0) is 57.1. The van der Waals surface area contributed by atoms with E-state index in [-0.39, 0.29) is 37.5 Å². The molecule has 0 bridgehead atoms. The molecule has 0 amide bonds. The van der Waals surface area contributed by atoms with Crippen molar-refractivity contribution < 1.29 is 28.6 Å². The smallest absolute Gasteiger partial charge is 0.306 e. The summed E-state index contributed by atoms with van der Waals surface area (Å²) in [6.45, 7) is 6.46. The van der Waals surface area contributed by atoms with Gasteiger partial charge in [-0.2, -0.15) is 0 Å². The van der Waals surface area contributed by atoms with Crippen LogP contribution in [0.25, 0.3) is 0 Å². The van der Waals surface area contributed by atoms with E-state index < -0.39 is 6.10 Å². The van der Waals surface area contributed by atoms with Crippen molar-refractivity contribution in [1.29, 1.82) is 0 Å². The van der Waals surface area contributed by atoms with Crippen LogP contribution >= 0.6 is 0 Å². The van der Waals surface area contributed by atoms with Gasteiger partial charge in [-0.05, 0) is 135 Å². The fourth-order valence-corrected chi connectivity index (χ4v) is 8.73. The summed E-state index contributed by atoms with van der Waals surface area (Å²) in [5.74, 6) is -0.981. The number of esters is 3. The number of rotatable bonds is 58. The summed E-state index contributed by atoms with van der Waals surface area (Å²) in [5.41, 5.74) is 0. The van der Waals surface area contributed by atoms with Crippen LogP contribution in [-0.2, 0) is 28.6 Å². The zero-order valence-electron chi connectivity index (χ0n) is 51.3. The Morgan fingerprint density at radius 2 is 0.506 bits per heavy atom. The van der Waals surface area contributed by atoms with Gasteiger partial charge in [-0.15, -0.1) is 0 Å². The molecule has 1 atom stereocenters. The van der Waals surface area contributed by atoms with Crippen LogP contribution in [-0.4, -0.2) is 37.2 Å². The Morgan fingerprint density at radius 1 is 0.266 bits per heavy atom. The van der Waals surface area contributed by atoms with Crippen LogP contribution in [0.2, 0.25) is 0 Å². The highest BCUT2D eigenvalue weighted by Gasteiger charge is 2.19. The van der Waals surface area contributed by atoms with E-state index in [0.29, 0.717) is 19.3 Å². The van der Waals surface area contributed by atoms with Crippen molar-refractivity contribution in [3.05, 3.63) is 134 Å². The second kappa shape index (κ2) is 66.1. The minimum Gasteiger partial charge on any atom is -0.462 e. The molecule has 0 radical (unpaired) electrons. The molecule has 0 aromatic rings. The monoisotopic (exact) mass is 1090 g/mol. The molecule has 0 rings (SSSR count). The van der Waals surface area contributed by atoms with E-state index in [4.69, 9.17) is 14.2 Å². The molecule has 0 aromatic carbocycles. The summed E-state index contributed by atoms with van der Waals surface area (Å²) in [5, 5.41) is 0. The van der Waals surface area contributed by atoms with Gasteiger partial charge in [0, 0.05) is 19.3 Å². The summed E-state index contributed by atoms with van der Waals surface area (Å²) < 4.78 is 16.9. The van der Waals surface area contributed by atoms with Crippen LogP contribution in [0.4, 0.5) is 0 Å². The molecular formula is C73H120O6. The predicted molar refractivity (Wildman–Crippen MR) is 343 cm³/mol. The van der Waals surface area contributed by atoms with Gasteiger partial charge in [0.25, 0.3) is 0 Å². The molecular weight excluding hydrogens is 973 g/mol. The van der Waals surface area contributed by atoms with Gasteiger partial charge in [0.05, 0.1) is 0 Å². The number of carbonyl (C=O) groups excluding carboxylic acids is 3. The number of hydrogen-bond acceptors (Lipinski definition) is 6. The van der Waals surface area contributed by atoms with Crippen molar-refractivity contribution in [3.8, 4) is 0 Å². The lowest BCUT2D eigenvalue weighted by atomic mass is 10.1. The van der Waals surface area contributed by atoms with Crippen molar-refractivity contribution in [1.82, 2.24) is 0 Å². The van der Waals surface area contributed by atoms with Crippen molar-refractivity contribution in [2.24, 2.45) is 0 Å². The van der Waals surface area contributed by atoms with Gasteiger partial charge < -0.3 is 14.2 Å². The van der Waals surface area contributed by atoms with Crippen LogP contribution in [0.5, 0.6) is 0 Å². The van der Waals surface area contributed by atoms with E-state index in [1.165, 1.54) is 122 Å². The van der Waals surface area contributed by atoms with E-state index in [1.54, 1.807) is 0 Å². The van der Waals surface area contributed by atoms with Crippen LogP contribution < -0.4 is 0 Å². The Bertz CT molecular complexity index is 1680. The summed E-state index contributed by atoms with van der Waals surface area (Å²) >= 11 is 0. The lowest BCUT2D eigenvalue weighted by Crippen LogP contribution is -2.30. The van der Waals surface area contributed by atoms with Gasteiger partial charge in [-0.25, -0.2) is 0 Å². The molecule has 6 nitrogen and oxygen atoms in total. The van der Waals surface area contributed by atoms with E-state index in [0.717, 1.165) is 122 Å². The first-order chi connectivity index (χ1) is 39.0. The molecule has 0 fully saturated rings. The first kappa shape index (κ1) is 74.5. The number of ether oxygens (including phenoxy) is 3. The molecule has 0 aliphatic rings. The number of unbranched alkanes of at least 4 members (excludes halogenated alkanes) is 25. The Balaban J connectivity index is 4.50. The third kappa shape index (κ3) is 64.3. The molecule has 0 spiro atoms. The maximum atomic E-state index is 12.9. The number of allylic oxidation sites excluding steroid dienone is 22. The average molecular weight is 1090 g/mol. The molecule has 0 aliphatic carbocycles. The van der Waals surface area contributed by atoms with Crippen molar-refractivity contribution >= 4 is 17.9 Å². The second-order valence-electron chi connectivity index (χ2n) is 21.3. The van der Waals surface area contributed by atoms with Gasteiger partial charge in [0.1, 0.15) is 13.2 Å². The fourth-order valence-electron chi connectivity index (χ4n) is 8.73. The molecule has 0 aliphatic heterocycles. The van der Waals surface area contributed by atoms with Gasteiger partial charge in [-0.1, -0.05) is 270 Å². The summed E-state index contributed by atoms with van der Waals surface area (Å²) in [6.07, 6.45) is 93.1. The molecule has 79 heavy (non-hydrogen) atoms.